The molecule has 3 aromatic rings. The molecule has 6 nitrogen and oxygen atoms in total. The first-order chi connectivity index (χ1) is 11.4. The molecule has 0 aliphatic heterocycles. The number of phenolic OH excluding ortho intramolecular Hbond substituents is 1. The predicted octanol–water partition coefficient (Wildman–Crippen LogP) is 3.04. The van der Waals surface area contributed by atoms with Crippen molar-refractivity contribution in [1.82, 2.24) is 0 Å². The molecule has 0 bridgehead atoms. The first-order valence-corrected chi connectivity index (χ1v) is 8.40. The Kier molecular flexibility index (Phi) is 3.96. The Balaban J connectivity index is 2.16. The highest BCUT2D eigenvalue weighted by molar-refractivity contribution is 7.86. The summed E-state index contributed by atoms with van der Waals surface area (Å²) in [5.41, 5.74) is 0.465. The van der Waals surface area contributed by atoms with Gasteiger partial charge in [0.2, 0.25) is 0 Å². The Labute approximate surface area is 138 Å². The molecule has 3 rings (SSSR count). The first kappa shape index (κ1) is 16.0. The van der Waals surface area contributed by atoms with Crippen LogP contribution >= 0.6 is 0 Å². The largest absolute Gasteiger partial charge is 0.506 e. The van der Waals surface area contributed by atoms with Crippen molar-refractivity contribution in [2.45, 2.75) is 4.90 Å². The average Bonchev–Trinajstić information content (AvgIpc) is 2.56. The summed E-state index contributed by atoms with van der Waals surface area (Å²) >= 11 is 0. The van der Waals surface area contributed by atoms with Gasteiger partial charge in [0, 0.05) is 22.4 Å². The van der Waals surface area contributed by atoms with Gasteiger partial charge in [0.1, 0.15) is 10.6 Å². The summed E-state index contributed by atoms with van der Waals surface area (Å²) in [7, 11) is -4.52. The maximum atomic E-state index is 12.3. The number of anilines is 1. The summed E-state index contributed by atoms with van der Waals surface area (Å²) < 4.78 is 32.4. The summed E-state index contributed by atoms with van der Waals surface area (Å²) in [5.74, 6) is -0.902. The molecular formula is C17H13NO5S. The third-order valence-electron chi connectivity index (χ3n) is 3.54. The summed E-state index contributed by atoms with van der Waals surface area (Å²) in [6.45, 7) is 0. The van der Waals surface area contributed by atoms with Crippen LogP contribution in [0.25, 0.3) is 10.8 Å². The average molecular weight is 343 g/mol. The number of benzene rings is 3. The lowest BCUT2D eigenvalue weighted by atomic mass is 10.1. The van der Waals surface area contributed by atoms with E-state index in [9.17, 15) is 22.9 Å². The summed E-state index contributed by atoms with van der Waals surface area (Å²) in [6, 6.07) is 15.6. The molecule has 7 heteroatoms. The van der Waals surface area contributed by atoms with E-state index in [1.165, 1.54) is 6.07 Å². The summed E-state index contributed by atoms with van der Waals surface area (Å²) in [4.78, 5) is 11.9. The van der Waals surface area contributed by atoms with Crippen LogP contribution in [0.4, 0.5) is 5.69 Å². The van der Waals surface area contributed by atoms with E-state index < -0.39 is 26.7 Å². The molecule has 0 spiro atoms. The first-order valence-electron chi connectivity index (χ1n) is 6.96. The van der Waals surface area contributed by atoms with Crippen molar-refractivity contribution in [3.8, 4) is 5.75 Å². The third kappa shape index (κ3) is 2.94. The van der Waals surface area contributed by atoms with Crippen LogP contribution in [0.1, 0.15) is 10.4 Å². The smallest absolute Gasteiger partial charge is 0.295 e. The van der Waals surface area contributed by atoms with Crippen LogP contribution in [0.3, 0.4) is 0 Å². The van der Waals surface area contributed by atoms with Crippen LogP contribution in [0.15, 0.2) is 65.6 Å². The van der Waals surface area contributed by atoms with Gasteiger partial charge < -0.3 is 10.4 Å². The van der Waals surface area contributed by atoms with Crippen molar-refractivity contribution in [1.29, 1.82) is 0 Å². The molecule has 3 N–H and O–H groups in total. The van der Waals surface area contributed by atoms with E-state index in [1.54, 1.807) is 48.5 Å². The van der Waals surface area contributed by atoms with Gasteiger partial charge in [0.25, 0.3) is 16.0 Å². The van der Waals surface area contributed by atoms with Crippen molar-refractivity contribution < 1.29 is 22.9 Å². The second-order valence-corrected chi connectivity index (χ2v) is 6.50. The van der Waals surface area contributed by atoms with Gasteiger partial charge in [0.15, 0.2) is 0 Å². The lowest BCUT2D eigenvalue weighted by Gasteiger charge is -2.13. The Hall–Kier alpha value is -2.90. The summed E-state index contributed by atoms with van der Waals surface area (Å²) in [5, 5.41) is 13.2. The minimum atomic E-state index is -4.52. The number of hydrogen-bond donors (Lipinski definition) is 3. The zero-order valence-electron chi connectivity index (χ0n) is 12.3. The van der Waals surface area contributed by atoms with Crippen LogP contribution in [0, 0.1) is 0 Å². The number of amides is 1. The molecule has 1 amide bonds. The fourth-order valence-corrected chi connectivity index (χ4v) is 3.16. The SMILES string of the molecule is O=C(Nc1c(O)cc(S(=O)(=O)O)c2ccccc12)c1ccccc1. The second kappa shape index (κ2) is 5.95. The van der Waals surface area contributed by atoms with E-state index in [4.69, 9.17) is 0 Å². The Morgan fingerprint density at radius 3 is 2.12 bits per heavy atom. The van der Waals surface area contributed by atoms with Gasteiger partial charge >= 0.3 is 0 Å². The van der Waals surface area contributed by atoms with Gasteiger partial charge in [-0.3, -0.25) is 9.35 Å². The molecule has 0 heterocycles. The topological polar surface area (TPSA) is 104 Å². The van der Waals surface area contributed by atoms with Gasteiger partial charge in [-0.2, -0.15) is 8.42 Å². The fourth-order valence-electron chi connectivity index (χ4n) is 2.45. The van der Waals surface area contributed by atoms with E-state index in [-0.39, 0.29) is 11.1 Å². The Morgan fingerprint density at radius 2 is 1.50 bits per heavy atom. The van der Waals surface area contributed by atoms with Gasteiger partial charge in [-0.1, -0.05) is 42.5 Å². The van der Waals surface area contributed by atoms with E-state index in [1.807, 2.05) is 0 Å². The normalized spacial score (nSPS) is 11.4. The van der Waals surface area contributed by atoms with E-state index in [0.717, 1.165) is 6.07 Å². The minimum absolute atomic E-state index is 0.0758. The molecule has 0 saturated carbocycles. The number of carbonyl (C=O) groups is 1. The van der Waals surface area contributed by atoms with Gasteiger partial charge in [-0.05, 0) is 12.1 Å². The second-order valence-electron chi connectivity index (χ2n) is 5.11. The molecule has 0 atom stereocenters. The number of nitrogens with one attached hydrogen (secondary N) is 1. The van der Waals surface area contributed by atoms with Gasteiger partial charge in [0.05, 0.1) is 5.69 Å². The van der Waals surface area contributed by atoms with Crippen LogP contribution < -0.4 is 5.32 Å². The van der Waals surface area contributed by atoms with Crippen molar-refractivity contribution in [3.63, 3.8) is 0 Å². The predicted molar refractivity (Wildman–Crippen MR) is 89.8 cm³/mol. The molecule has 0 unspecified atom stereocenters. The molecule has 0 radical (unpaired) electrons. The monoisotopic (exact) mass is 343 g/mol. The van der Waals surface area contributed by atoms with E-state index in [2.05, 4.69) is 5.32 Å². The van der Waals surface area contributed by atoms with Crippen molar-refractivity contribution >= 4 is 32.5 Å². The standard InChI is InChI=1S/C17H13NO5S/c19-14-10-15(24(21,22)23)12-8-4-5-9-13(12)16(14)18-17(20)11-6-2-1-3-7-11/h1-10,19H,(H,18,20)(H,21,22,23). The highest BCUT2D eigenvalue weighted by Gasteiger charge is 2.20. The zero-order valence-corrected chi connectivity index (χ0v) is 13.1. The zero-order chi connectivity index (χ0) is 17.3. The Morgan fingerprint density at radius 1 is 0.917 bits per heavy atom. The van der Waals surface area contributed by atoms with E-state index >= 15 is 0 Å². The number of rotatable bonds is 3. The molecule has 0 fully saturated rings. The number of fused-ring (bicyclic) bond motifs is 1. The van der Waals surface area contributed by atoms with Crippen molar-refractivity contribution in [2.75, 3.05) is 5.32 Å². The Bertz CT molecular complexity index is 1030. The molecule has 24 heavy (non-hydrogen) atoms. The molecule has 0 aliphatic carbocycles. The molecule has 0 aliphatic rings. The number of carbonyl (C=O) groups excluding carboxylic acids is 1. The fraction of sp³-hybridized carbons (Fsp3) is 0. The molecule has 0 aromatic heterocycles. The van der Waals surface area contributed by atoms with Gasteiger partial charge in [-0.15, -0.1) is 0 Å². The lowest BCUT2D eigenvalue weighted by Crippen LogP contribution is -2.12. The van der Waals surface area contributed by atoms with Crippen LogP contribution in [-0.2, 0) is 10.1 Å². The van der Waals surface area contributed by atoms with Crippen LogP contribution in [0.5, 0.6) is 5.75 Å². The van der Waals surface area contributed by atoms with Crippen molar-refractivity contribution in [2.24, 2.45) is 0 Å². The molecule has 122 valence electrons. The third-order valence-corrected chi connectivity index (χ3v) is 4.43. The van der Waals surface area contributed by atoms with Crippen LogP contribution in [0.2, 0.25) is 0 Å². The molecular weight excluding hydrogens is 330 g/mol. The van der Waals surface area contributed by atoms with Crippen LogP contribution in [-0.4, -0.2) is 24.0 Å². The number of phenols is 1. The number of aromatic hydroxyl groups is 1. The lowest BCUT2D eigenvalue weighted by molar-refractivity contribution is 0.102. The maximum Gasteiger partial charge on any atom is 0.295 e. The minimum Gasteiger partial charge on any atom is -0.506 e. The van der Waals surface area contributed by atoms with Crippen molar-refractivity contribution in [3.05, 3.63) is 66.2 Å². The van der Waals surface area contributed by atoms with Gasteiger partial charge in [-0.25, -0.2) is 0 Å². The van der Waals surface area contributed by atoms with E-state index in [0.29, 0.717) is 10.9 Å². The highest BCUT2D eigenvalue weighted by Crippen LogP contribution is 2.37. The quantitative estimate of drug-likeness (QED) is 0.501. The number of hydrogen-bond acceptors (Lipinski definition) is 4. The highest BCUT2D eigenvalue weighted by atomic mass is 32.2. The summed E-state index contributed by atoms with van der Waals surface area (Å²) in [6.07, 6.45) is 0. The molecule has 3 aromatic carbocycles. The maximum absolute atomic E-state index is 12.3. The molecule has 0 saturated heterocycles.